The number of piperidine rings is 1. The molecule has 0 spiro atoms. The predicted molar refractivity (Wildman–Crippen MR) is 98.0 cm³/mol. The normalized spacial score (nSPS) is 28.9. The van der Waals surface area contributed by atoms with E-state index >= 15 is 0 Å². The summed E-state index contributed by atoms with van der Waals surface area (Å²) in [6, 6.07) is -0.284. The minimum absolute atomic E-state index is 0.0737. The topological polar surface area (TPSA) is 129 Å². The lowest BCUT2D eigenvalue weighted by molar-refractivity contribution is -0.151. The van der Waals surface area contributed by atoms with Crippen LogP contribution in [0.5, 0.6) is 0 Å². The zero-order valence-electron chi connectivity index (χ0n) is 15.6. The number of ether oxygens (including phenoxy) is 2. The van der Waals surface area contributed by atoms with Crippen molar-refractivity contribution < 1.29 is 19.1 Å². The van der Waals surface area contributed by atoms with Crippen LogP contribution in [0.25, 0.3) is 0 Å². The molecule has 0 bridgehead atoms. The third-order valence-corrected chi connectivity index (χ3v) is 5.53. The first-order valence-corrected chi connectivity index (χ1v) is 9.61. The van der Waals surface area contributed by atoms with Crippen LogP contribution < -0.4 is 16.9 Å². The van der Waals surface area contributed by atoms with E-state index in [-0.39, 0.29) is 31.0 Å². The average molecular weight is 368 g/mol. The Hall–Kier alpha value is -1.83. The van der Waals surface area contributed by atoms with Crippen molar-refractivity contribution in [3.8, 4) is 0 Å². The summed E-state index contributed by atoms with van der Waals surface area (Å²) in [5.41, 5.74) is 5.69. The van der Waals surface area contributed by atoms with Crippen LogP contribution in [0.3, 0.4) is 0 Å². The molecule has 1 aliphatic carbocycles. The van der Waals surface area contributed by atoms with Crippen LogP contribution in [-0.2, 0) is 19.1 Å². The molecule has 4 atom stereocenters. The van der Waals surface area contributed by atoms with E-state index in [9.17, 15) is 9.59 Å². The van der Waals surface area contributed by atoms with Crippen LogP contribution in [0, 0.1) is 17.8 Å². The first kappa shape index (κ1) is 20.5. The van der Waals surface area contributed by atoms with E-state index in [1.54, 1.807) is 6.92 Å². The molecule has 2 rings (SSSR count). The Morgan fingerprint density at radius 3 is 2.69 bits per heavy atom. The maximum absolute atomic E-state index is 12.3. The molecule has 1 saturated heterocycles. The molecule has 1 saturated carbocycles. The van der Waals surface area contributed by atoms with Gasteiger partial charge in [-0.15, -0.1) is 0 Å². The van der Waals surface area contributed by atoms with Gasteiger partial charge in [0.1, 0.15) is 18.5 Å². The molecule has 2 aliphatic rings. The molecular formula is C18H32N4O4. The fraction of sp³-hybridized carbons (Fsp3) is 0.833. The average Bonchev–Trinajstić information content (AvgIpc) is 2.65. The Kier molecular flexibility index (Phi) is 8.15. The Labute approximate surface area is 155 Å². The molecule has 0 amide bonds. The fourth-order valence-corrected chi connectivity index (χ4v) is 4.09. The summed E-state index contributed by atoms with van der Waals surface area (Å²) in [5.74, 6) is 6.84. The number of rotatable bonds is 8. The SMILES string of the molecule is CCOC(=O)CCOC(=O)C1CC2CC(CC/C(N)=N/N)CCC2CN1. The molecule has 0 aromatic rings. The number of esters is 2. The highest BCUT2D eigenvalue weighted by Gasteiger charge is 2.38. The van der Waals surface area contributed by atoms with Crippen molar-refractivity contribution in [3.63, 3.8) is 0 Å². The van der Waals surface area contributed by atoms with Gasteiger partial charge in [-0.25, -0.2) is 0 Å². The van der Waals surface area contributed by atoms with Gasteiger partial charge >= 0.3 is 11.9 Å². The lowest BCUT2D eigenvalue weighted by atomic mass is 9.69. The van der Waals surface area contributed by atoms with Gasteiger partial charge in [-0.2, -0.15) is 5.10 Å². The van der Waals surface area contributed by atoms with Crippen molar-refractivity contribution in [2.24, 2.45) is 34.4 Å². The Balaban J connectivity index is 1.74. The minimum atomic E-state index is -0.340. The number of fused-ring (bicyclic) bond motifs is 1. The van der Waals surface area contributed by atoms with Gasteiger partial charge in [0, 0.05) is 6.42 Å². The molecule has 0 radical (unpaired) electrons. The van der Waals surface area contributed by atoms with Crippen LogP contribution in [0.2, 0.25) is 0 Å². The quantitative estimate of drug-likeness (QED) is 0.191. The van der Waals surface area contributed by atoms with Gasteiger partial charge in [-0.1, -0.05) is 6.42 Å². The highest BCUT2D eigenvalue weighted by atomic mass is 16.5. The second kappa shape index (κ2) is 10.4. The summed E-state index contributed by atoms with van der Waals surface area (Å²) in [6.45, 7) is 3.01. The lowest BCUT2D eigenvalue weighted by Gasteiger charge is -2.42. The number of nitrogens with one attached hydrogen (secondary N) is 1. The summed E-state index contributed by atoms with van der Waals surface area (Å²) in [5, 5.41) is 6.84. The van der Waals surface area contributed by atoms with E-state index in [0.717, 1.165) is 32.2 Å². The summed E-state index contributed by atoms with van der Waals surface area (Å²) < 4.78 is 10.1. The first-order valence-electron chi connectivity index (χ1n) is 9.61. The number of carbonyl (C=O) groups excluding carboxylic acids is 2. The predicted octanol–water partition coefficient (Wildman–Crippen LogP) is 0.888. The Bertz CT molecular complexity index is 511. The summed E-state index contributed by atoms with van der Waals surface area (Å²) >= 11 is 0. The van der Waals surface area contributed by atoms with Crippen LogP contribution in [0.4, 0.5) is 0 Å². The summed E-state index contributed by atoms with van der Waals surface area (Å²) in [4.78, 5) is 23.6. The second-order valence-electron chi connectivity index (χ2n) is 7.28. The first-order chi connectivity index (χ1) is 12.5. The molecule has 8 nitrogen and oxygen atoms in total. The number of carbonyl (C=O) groups is 2. The molecule has 26 heavy (non-hydrogen) atoms. The van der Waals surface area contributed by atoms with E-state index in [1.807, 2.05) is 0 Å². The number of hydrazone groups is 1. The van der Waals surface area contributed by atoms with Crippen molar-refractivity contribution in [2.45, 2.75) is 57.9 Å². The van der Waals surface area contributed by atoms with Gasteiger partial charge in [-0.05, 0) is 56.9 Å². The standard InChI is InChI=1S/C18H32N4O4/c1-2-25-17(23)7-8-26-18(24)15-10-14-9-12(4-6-16(19)22-20)3-5-13(14)11-21-15/h12-15,21H,2-11,20H2,1H3,(H2,19,22). The van der Waals surface area contributed by atoms with E-state index < -0.39 is 0 Å². The molecule has 1 aliphatic heterocycles. The molecule has 148 valence electrons. The molecule has 8 heteroatoms. The van der Waals surface area contributed by atoms with E-state index in [0.29, 0.717) is 30.2 Å². The van der Waals surface area contributed by atoms with Gasteiger partial charge in [0.25, 0.3) is 0 Å². The highest BCUT2D eigenvalue weighted by molar-refractivity contribution is 5.79. The van der Waals surface area contributed by atoms with Crippen LogP contribution >= 0.6 is 0 Å². The van der Waals surface area contributed by atoms with Crippen molar-refractivity contribution >= 4 is 17.8 Å². The third kappa shape index (κ3) is 6.16. The van der Waals surface area contributed by atoms with E-state index in [2.05, 4.69) is 10.4 Å². The van der Waals surface area contributed by atoms with E-state index in [4.69, 9.17) is 21.1 Å². The highest BCUT2D eigenvalue weighted by Crippen LogP contribution is 2.40. The van der Waals surface area contributed by atoms with Crippen LogP contribution in [-0.4, -0.2) is 43.6 Å². The molecule has 0 aromatic heterocycles. The van der Waals surface area contributed by atoms with Crippen molar-refractivity contribution in [3.05, 3.63) is 0 Å². The molecule has 2 fully saturated rings. The second-order valence-corrected chi connectivity index (χ2v) is 7.28. The maximum atomic E-state index is 12.3. The fourth-order valence-electron chi connectivity index (χ4n) is 4.09. The molecule has 1 heterocycles. The number of amidine groups is 1. The van der Waals surface area contributed by atoms with Gasteiger partial charge < -0.3 is 26.4 Å². The monoisotopic (exact) mass is 368 g/mol. The third-order valence-electron chi connectivity index (χ3n) is 5.53. The summed E-state index contributed by atoms with van der Waals surface area (Å²) in [7, 11) is 0. The van der Waals surface area contributed by atoms with Crippen LogP contribution in [0.15, 0.2) is 5.10 Å². The molecule has 4 unspecified atom stereocenters. The van der Waals surface area contributed by atoms with Crippen molar-refractivity contribution in [2.75, 3.05) is 19.8 Å². The largest absolute Gasteiger partial charge is 0.466 e. The van der Waals surface area contributed by atoms with Crippen LogP contribution in [0.1, 0.15) is 51.9 Å². The van der Waals surface area contributed by atoms with Crippen molar-refractivity contribution in [1.82, 2.24) is 5.32 Å². The van der Waals surface area contributed by atoms with Gasteiger partial charge in [0.15, 0.2) is 0 Å². The lowest BCUT2D eigenvalue weighted by Crippen LogP contribution is -2.50. The number of nitrogens with zero attached hydrogens (tertiary/aromatic N) is 1. The minimum Gasteiger partial charge on any atom is -0.466 e. The summed E-state index contributed by atoms with van der Waals surface area (Å²) in [6.07, 6.45) is 6.09. The molecule has 5 N–H and O–H groups in total. The van der Waals surface area contributed by atoms with Gasteiger partial charge in [0.2, 0.25) is 0 Å². The molecular weight excluding hydrogens is 336 g/mol. The number of hydrogen-bond donors (Lipinski definition) is 3. The van der Waals surface area contributed by atoms with Gasteiger partial charge in [-0.3, -0.25) is 9.59 Å². The zero-order chi connectivity index (χ0) is 18.9. The van der Waals surface area contributed by atoms with E-state index in [1.165, 1.54) is 12.8 Å². The maximum Gasteiger partial charge on any atom is 0.323 e. The zero-order valence-corrected chi connectivity index (χ0v) is 15.6. The number of hydrogen-bond acceptors (Lipinski definition) is 7. The Morgan fingerprint density at radius 1 is 1.15 bits per heavy atom. The van der Waals surface area contributed by atoms with Crippen molar-refractivity contribution in [1.29, 1.82) is 0 Å². The number of nitrogens with two attached hydrogens (primary N) is 2. The smallest absolute Gasteiger partial charge is 0.323 e. The molecule has 0 aromatic carbocycles. The Morgan fingerprint density at radius 2 is 1.96 bits per heavy atom. The van der Waals surface area contributed by atoms with Gasteiger partial charge in [0.05, 0.1) is 13.0 Å².